The van der Waals surface area contributed by atoms with Crippen LogP contribution in [0.2, 0.25) is 0 Å². The van der Waals surface area contributed by atoms with Crippen molar-refractivity contribution in [2.24, 2.45) is 0 Å². The van der Waals surface area contributed by atoms with Gasteiger partial charge in [0.15, 0.2) is 23.0 Å². The average molecular weight is 344 g/mol. The van der Waals surface area contributed by atoms with Gasteiger partial charge in [0.1, 0.15) is 0 Å². The number of ether oxygens (including phenoxy) is 4. The monoisotopic (exact) mass is 344 g/mol. The van der Waals surface area contributed by atoms with Crippen molar-refractivity contribution in [2.45, 2.75) is 19.3 Å². The Morgan fingerprint density at radius 3 is 2.68 bits per heavy atom. The van der Waals surface area contributed by atoms with Gasteiger partial charge in [-0.05, 0) is 48.7 Å². The third kappa shape index (κ3) is 3.63. The van der Waals surface area contributed by atoms with Gasteiger partial charge in [-0.15, -0.1) is 0 Å². The summed E-state index contributed by atoms with van der Waals surface area (Å²) >= 11 is 0. The lowest BCUT2D eigenvalue weighted by Gasteiger charge is -2.15. The van der Waals surface area contributed by atoms with E-state index in [4.69, 9.17) is 18.9 Å². The maximum Gasteiger partial charge on any atom is 0.311 e. The van der Waals surface area contributed by atoms with Gasteiger partial charge in [0.05, 0.1) is 19.6 Å². The first-order valence-electron chi connectivity index (χ1n) is 8.04. The highest BCUT2D eigenvalue weighted by Crippen LogP contribution is 2.36. The topological polar surface area (TPSA) is 74.2 Å². The molecular weight excluding hydrogens is 324 g/mol. The van der Waals surface area contributed by atoms with E-state index < -0.39 is 11.9 Å². The van der Waals surface area contributed by atoms with E-state index in [1.54, 1.807) is 31.4 Å². The van der Waals surface area contributed by atoms with Crippen molar-refractivity contribution >= 4 is 5.97 Å². The van der Waals surface area contributed by atoms with Crippen LogP contribution in [0, 0.1) is 0 Å². The number of carboxylic acids is 1. The standard InChI is InChI=1S/C19H20O6/c1-3-23-15-6-4-12(9-17(15)22-2)8-14(19(20)21)13-5-7-16-18(10-13)25-11-24-16/h4-7,9-10,14H,3,8,11H2,1-2H3,(H,20,21). The number of hydrogen-bond donors (Lipinski definition) is 1. The van der Waals surface area contributed by atoms with E-state index in [0.717, 1.165) is 5.56 Å². The van der Waals surface area contributed by atoms with Gasteiger partial charge in [-0.3, -0.25) is 4.79 Å². The molecule has 1 unspecified atom stereocenters. The van der Waals surface area contributed by atoms with Gasteiger partial charge in [0.25, 0.3) is 0 Å². The minimum atomic E-state index is -0.897. The second-order valence-electron chi connectivity index (χ2n) is 5.63. The molecule has 2 aromatic rings. The summed E-state index contributed by atoms with van der Waals surface area (Å²) in [5.41, 5.74) is 1.52. The van der Waals surface area contributed by atoms with Gasteiger partial charge in [-0.1, -0.05) is 12.1 Å². The molecule has 1 aliphatic rings. The van der Waals surface area contributed by atoms with Crippen LogP contribution in [-0.4, -0.2) is 31.6 Å². The smallest absolute Gasteiger partial charge is 0.311 e. The van der Waals surface area contributed by atoms with E-state index in [1.807, 2.05) is 19.1 Å². The minimum absolute atomic E-state index is 0.159. The summed E-state index contributed by atoms with van der Waals surface area (Å²) in [4.78, 5) is 11.8. The molecule has 0 aliphatic carbocycles. The summed E-state index contributed by atoms with van der Waals surface area (Å²) in [6.45, 7) is 2.59. The van der Waals surface area contributed by atoms with Crippen LogP contribution in [0.4, 0.5) is 0 Å². The lowest BCUT2D eigenvalue weighted by molar-refractivity contribution is -0.138. The zero-order chi connectivity index (χ0) is 17.8. The molecule has 6 heteroatoms. The molecule has 0 fully saturated rings. The van der Waals surface area contributed by atoms with Crippen molar-refractivity contribution in [1.29, 1.82) is 0 Å². The predicted molar refractivity (Wildman–Crippen MR) is 90.8 cm³/mol. The summed E-state index contributed by atoms with van der Waals surface area (Å²) in [6.07, 6.45) is 0.331. The van der Waals surface area contributed by atoms with Gasteiger partial charge in [-0.25, -0.2) is 0 Å². The van der Waals surface area contributed by atoms with E-state index in [2.05, 4.69) is 0 Å². The van der Waals surface area contributed by atoms with Crippen LogP contribution >= 0.6 is 0 Å². The molecule has 0 radical (unpaired) electrons. The Morgan fingerprint density at radius 2 is 1.96 bits per heavy atom. The molecule has 1 atom stereocenters. The fourth-order valence-corrected chi connectivity index (χ4v) is 2.83. The SMILES string of the molecule is CCOc1ccc(CC(C(=O)O)c2ccc3c(c2)OCO3)cc1OC. The van der Waals surface area contributed by atoms with Gasteiger partial charge in [-0.2, -0.15) is 0 Å². The summed E-state index contributed by atoms with van der Waals surface area (Å²) < 4.78 is 21.5. The Bertz CT molecular complexity index is 771. The molecule has 0 aromatic heterocycles. The van der Waals surface area contributed by atoms with Crippen molar-refractivity contribution in [3.63, 3.8) is 0 Å². The maximum absolute atomic E-state index is 11.8. The Hall–Kier alpha value is -2.89. The molecular formula is C19H20O6. The summed E-state index contributed by atoms with van der Waals surface area (Å²) in [5.74, 6) is 0.852. The number of fused-ring (bicyclic) bond motifs is 1. The Morgan fingerprint density at radius 1 is 1.16 bits per heavy atom. The fourth-order valence-electron chi connectivity index (χ4n) is 2.83. The number of rotatable bonds is 7. The second-order valence-corrected chi connectivity index (χ2v) is 5.63. The highest BCUT2D eigenvalue weighted by molar-refractivity contribution is 5.77. The van der Waals surface area contributed by atoms with E-state index in [-0.39, 0.29) is 6.79 Å². The quantitative estimate of drug-likeness (QED) is 0.831. The zero-order valence-corrected chi connectivity index (χ0v) is 14.2. The number of carbonyl (C=O) groups is 1. The van der Waals surface area contributed by atoms with Gasteiger partial charge < -0.3 is 24.1 Å². The highest BCUT2D eigenvalue weighted by Gasteiger charge is 2.24. The van der Waals surface area contributed by atoms with E-state index in [1.165, 1.54) is 0 Å². The van der Waals surface area contributed by atoms with Crippen LogP contribution in [0.15, 0.2) is 36.4 Å². The Labute approximate surface area is 145 Å². The van der Waals surface area contributed by atoms with Crippen molar-refractivity contribution in [1.82, 2.24) is 0 Å². The lowest BCUT2D eigenvalue weighted by Crippen LogP contribution is -2.14. The molecule has 1 N–H and O–H groups in total. The Kier molecular flexibility index (Phi) is 4.97. The number of methoxy groups -OCH3 is 1. The largest absolute Gasteiger partial charge is 0.493 e. The zero-order valence-electron chi connectivity index (χ0n) is 14.2. The summed E-state index contributed by atoms with van der Waals surface area (Å²) in [6, 6.07) is 10.7. The van der Waals surface area contributed by atoms with Crippen LogP contribution in [0.5, 0.6) is 23.0 Å². The van der Waals surface area contributed by atoms with Crippen LogP contribution in [0.3, 0.4) is 0 Å². The average Bonchev–Trinajstić information content (AvgIpc) is 3.08. The van der Waals surface area contributed by atoms with Gasteiger partial charge >= 0.3 is 5.97 Å². The second kappa shape index (κ2) is 7.34. The molecule has 6 nitrogen and oxygen atoms in total. The first kappa shape index (κ1) is 17.0. The van der Waals surface area contributed by atoms with E-state index in [0.29, 0.717) is 41.6 Å². The molecule has 0 saturated carbocycles. The number of benzene rings is 2. The number of carboxylic acid groups (broad SMARTS) is 1. The first-order valence-corrected chi connectivity index (χ1v) is 8.04. The molecule has 3 rings (SSSR count). The van der Waals surface area contributed by atoms with Crippen molar-refractivity contribution < 1.29 is 28.8 Å². The molecule has 0 bridgehead atoms. The van der Waals surface area contributed by atoms with Crippen LogP contribution in [0.1, 0.15) is 24.0 Å². The fraction of sp³-hybridized carbons (Fsp3) is 0.316. The molecule has 25 heavy (non-hydrogen) atoms. The summed E-state index contributed by atoms with van der Waals surface area (Å²) in [5, 5.41) is 9.67. The molecule has 2 aromatic carbocycles. The molecule has 0 saturated heterocycles. The van der Waals surface area contributed by atoms with E-state index >= 15 is 0 Å². The molecule has 1 aliphatic heterocycles. The first-order chi connectivity index (χ1) is 12.1. The highest BCUT2D eigenvalue weighted by atomic mass is 16.7. The van der Waals surface area contributed by atoms with Crippen LogP contribution in [0.25, 0.3) is 0 Å². The third-order valence-electron chi connectivity index (χ3n) is 4.06. The normalized spacial score (nSPS) is 13.4. The Balaban J connectivity index is 1.86. The molecule has 0 spiro atoms. The molecule has 132 valence electrons. The van der Waals surface area contributed by atoms with E-state index in [9.17, 15) is 9.90 Å². The van der Waals surface area contributed by atoms with Gasteiger partial charge in [0, 0.05) is 0 Å². The molecule has 1 heterocycles. The number of aliphatic carboxylic acids is 1. The maximum atomic E-state index is 11.8. The van der Waals surface area contributed by atoms with Crippen molar-refractivity contribution in [3.8, 4) is 23.0 Å². The molecule has 0 amide bonds. The van der Waals surface area contributed by atoms with Crippen LogP contribution in [-0.2, 0) is 11.2 Å². The lowest BCUT2D eigenvalue weighted by atomic mass is 9.91. The summed E-state index contributed by atoms with van der Waals surface area (Å²) in [7, 11) is 1.56. The minimum Gasteiger partial charge on any atom is -0.493 e. The predicted octanol–water partition coefficient (Wildman–Crippen LogP) is 3.23. The number of hydrogen-bond acceptors (Lipinski definition) is 5. The van der Waals surface area contributed by atoms with Crippen molar-refractivity contribution in [3.05, 3.63) is 47.5 Å². The third-order valence-corrected chi connectivity index (χ3v) is 4.06. The van der Waals surface area contributed by atoms with Crippen LogP contribution < -0.4 is 18.9 Å². The van der Waals surface area contributed by atoms with Gasteiger partial charge in [0.2, 0.25) is 6.79 Å². The van der Waals surface area contributed by atoms with Crippen molar-refractivity contribution in [2.75, 3.05) is 20.5 Å².